The third kappa shape index (κ3) is 5.51. The molecule has 0 aliphatic carbocycles. The van der Waals surface area contributed by atoms with Crippen LogP contribution in [0.2, 0.25) is 0 Å². The van der Waals surface area contributed by atoms with E-state index in [0.717, 1.165) is 0 Å². The van der Waals surface area contributed by atoms with E-state index in [0.29, 0.717) is 44.2 Å². The summed E-state index contributed by atoms with van der Waals surface area (Å²) in [5, 5.41) is 2.73. The molecule has 1 aliphatic heterocycles. The van der Waals surface area contributed by atoms with Crippen molar-refractivity contribution < 1.29 is 14.0 Å². The average Bonchev–Trinajstić information content (AvgIpc) is 2.60. The molecule has 1 aromatic rings. The standard InChI is InChI=1S/C19H29FN4O2/c1-13(2)11-17(21)19(26)24-9-7-23(8-10-24)14(3)18(25)22-16-6-4-5-15(20)12-16/h4-6,12-14,17H,7-11,21H2,1-3H3,(H,22,25)/t14?,17-/m0/s1. The van der Waals surface area contributed by atoms with Crippen molar-refractivity contribution in [1.29, 1.82) is 0 Å². The summed E-state index contributed by atoms with van der Waals surface area (Å²) in [6, 6.07) is 5.01. The fourth-order valence-electron chi connectivity index (χ4n) is 3.15. The van der Waals surface area contributed by atoms with Crippen molar-refractivity contribution in [2.24, 2.45) is 11.7 Å². The molecule has 0 spiro atoms. The molecule has 2 amide bonds. The first-order valence-electron chi connectivity index (χ1n) is 9.12. The van der Waals surface area contributed by atoms with E-state index >= 15 is 0 Å². The van der Waals surface area contributed by atoms with Crippen LogP contribution in [0.5, 0.6) is 0 Å². The predicted molar refractivity (Wildman–Crippen MR) is 100 cm³/mol. The summed E-state index contributed by atoms with van der Waals surface area (Å²) in [5.74, 6) is -0.218. The highest BCUT2D eigenvalue weighted by Gasteiger charge is 2.29. The zero-order valence-corrected chi connectivity index (χ0v) is 15.7. The van der Waals surface area contributed by atoms with E-state index < -0.39 is 6.04 Å². The lowest BCUT2D eigenvalue weighted by Crippen LogP contribution is -2.56. The highest BCUT2D eigenvalue weighted by Crippen LogP contribution is 2.13. The lowest BCUT2D eigenvalue weighted by Gasteiger charge is -2.38. The van der Waals surface area contributed by atoms with Gasteiger partial charge in [0.05, 0.1) is 12.1 Å². The van der Waals surface area contributed by atoms with E-state index in [1.165, 1.54) is 12.1 Å². The molecular weight excluding hydrogens is 335 g/mol. The first-order valence-corrected chi connectivity index (χ1v) is 9.12. The van der Waals surface area contributed by atoms with E-state index in [2.05, 4.69) is 5.32 Å². The summed E-state index contributed by atoms with van der Waals surface area (Å²) in [7, 11) is 0. The Kier molecular flexibility index (Phi) is 7.11. The second kappa shape index (κ2) is 9.09. The van der Waals surface area contributed by atoms with Gasteiger partial charge in [-0.15, -0.1) is 0 Å². The van der Waals surface area contributed by atoms with Crippen molar-refractivity contribution in [2.45, 2.75) is 39.3 Å². The Balaban J connectivity index is 1.84. The molecule has 1 fully saturated rings. The number of carbonyl (C=O) groups is 2. The fourth-order valence-corrected chi connectivity index (χ4v) is 3.15. The van der Waals surface area contributed by atoms with Gasteiger partial charge in [0.15, 0.2) is 0 Å². The third-order valence-corrected chi connectivity index (χ3v) is 4.69. The van der Waals surface area contributed by atoms with Crippen molar-refractivity contribution in [3.8, 4) is 0 Å². The number of carbonyl (C=O) groups excluding carboxylic acids is 2. The van der Waals surface area contributed by atoms with E-state index in [4.69, 9.17) is 5.73 Å². The minimum Gasteiger partial charge on any atom is -0.339 e. The zero-order chi connectivity index (χ0) is 19.3. The molecule has 0 bridgehead atoms. The first-order chi connectivity index (χ1) is 12.3. The number of hydrogen-bond donors (Lipinski definition) is 2. The maximum atomic E-state index is 13.2. The second-order valence-electron chi connectivity index (χ2n) is 7.27. The topological polar surface area (TPSA) is 78.7 Å². The number of amides is 2. The lowest BCUT2D eigenvalue weighted by molar-refractivity contribution is -0.135. The minimum atomic E-state index is -0.463. The number of rotatable bonds is 6. The van der Waals surface area contributed by atoms with Crippen molar-refractivity contribution in [3.05, 3.63) is 30.1 Å². The molecule has 2 atom stereocenters. The molecule has 3 N–H and O–H groups in total. The van der Waals surface area contributed by atoms with Gasteiger partial charge in [-0.1, -0.05) is 19.9 Å². The summed E-state index contributed by atoms with van der Waals surface area (Å²) in [6.07, 6.45) is 0.672. The molecule has 0 radical (unpaired) electrons. The number of benzene rings is 1. The summed E-state index contributed by atoms with van der Waals surface area (Å²) >= 11 is 0. The lowest BCUT2D eigenvalue weighted by atomic mass is 10.0. The molecule has 6 nitrogen and oxygen atoms in total. The van der Waals surface area contributed by atoms with Crippen molar-refractivity contribution in [3.63, 3.8) is 0 Å². The van der Waals surface area contributed by atoms with Crippen molar-refractivity contribution in [1.82, 2.24) is 9.80 Å². The fraction of sp³-hybridized carbons (Fsp3) is 0.579. The molecule has 0 saturated carbocycles. The summed E-state index contributed by atoms with van der Waals surface area (Å²) in [6.45, 7) is 8.24. The molecule has 144 valence electrons. The van der Waals surface area contributed by atoms with Crippen LogP contribution in [0.25, 0.3) is 0 Å². The third-order valence-electron chi connectivity index (χ3n) is 4.69. The number of nitrogens with one attached hydrogen (secondary N) is 1. The van der Waals surface area contributed by atoms with Crippen molar-refractivity contribution in [2.75, 3.05) is 31.5 Å². The Hall–Kier alpha value is -1.99. The predicted octanol–water partition coefficient (Wildman–Crippen LogP) is 1.67. The zero-order valence-electron chi connectivity index (χ0n) is 15.7. The summed E-state index contributed by atoms with van der Waals surface area (Å²) < 4.78 is 13.2. The monoisotopic (exact) mass is 364 g/mol. The van der Waals surface area contributed by atoms with Gasteiger partial charge in [0, 0.05) is 31.9 Å². The normalized spacial score (nSPS) is 17.8. The smallest absolute Gasteiger partial charge is 0.241 e. The SMILES string of the molecule is CC(C)C[C@H](N)C(=O)N1CCN(C(C)C(=O)Nc2cccc(F)c2)CC1. The Bertz CT molecular complexity index is 630. The van der Waals surface area contributed by atoms with Crippen LogP contribution in [0, 0.1) is 11.7 Å². The number of halogens is 1. The largest absolute Gasteiger partial charge is 0.339 e. The highest BCUT2D eigenvalue weighted by molar-refractivity contribution is 5.94. The van der Waals surface area contributed by atoms with E-state index in [1.807, 2.05) is 25.7 Å². The molecule has 1 heterocycles. The molecule has 0 aromatic heterocycles. The maximum Gasteiger partial charge on any atom is 0.241 e. The molecule has 7 heteroatoms. The van der Waals surface area contributed by atoms with Gasteiger partial charge in [0.1, 0.15) is 5.82 Å². The Labute approximate surface area is 154 Å². The second-order valence-corrected chi connectivity index (χ2v) is 7.27. The number of nitrogens with two attached hydrogens (primary N) is 1. The van der Waals surface area contributed by atoms with Gasteiger partial charge in [-0.2, -0.15) is 0 Å². The van der Waals surface area contributed by atoms with Crippen LogP contribution in [0.4, 0.5) is 10.1 Å². The van der Waals surface area contributed by atoms with Crippen LogP contribution in [0.15, 0.2) is 24.3 Å². The van der Waals surface area contributed by atoms with Gasteiger partial charge in [-0.25, -0.2) is 4.39 Å². The quantitative estimate of drug-likeness (QED) is 0.805. The summed E-state index contributed by atoms with van der Waals surface area (Å²) in [4.78, 5) is 28.6. The maximum absolute atomic E-state index is 13.2. The average molecular weight is 364 g/mol. The highest BCUT2D eigenvalue weighted by atomic mass is 19.1. The number of hydrogen-bond acceptors (Lipinski definition) is 4. The molecular formula is C19H29FN4O2. The minimum absolute atomic E-state index is 0.0183. The Morgan fingerprint density at radius 2 is 1.85 bits per heavy atom. The molecule has 1 unspecified atom stereocenters. The van der Waals surface area contributed by atoms with Gasteiger partial charge in [-0.3, -0.25) is 14.5 Å². The van der Waals surface area contributed by atoms with E-state index in [9.17, 15) is 14.0 Å². The molecule has 1 aromatic carbocycles. The van der Waals surface area contributed by atoms with Crippen LogP contribution in [0.3, 0.4) is 0 Å². The Morgan fingerprint density at radius 3 is 2.42 bits per heavy atom. The van der Waals surface area contributed by atoms with Crippen LogP contribution in [-0.4, -0.2) is 59.9 Å². The Morgan fingerprint density at radius 1 is 1.19 bits per heavy atom. The van der Waals surface area contributed by atoms with Gasteiger partial charge in [0.2, 0.25) is 11.8 Å². The van der Waals surface area contributed by atoms with E-state index in [1.54, 1.807) is 17.0 Å². The molecule has 1 saturated heterocycles. The van der Waals surface area contributed by atoms with Crippen molar-refractivity contribution >= 4 is 17.5 Å². The first kappa shape index (κ1) is 20.3. The van der Waals surface area contributed by atoms with Gasteiger partial charge in [-0.05, 0) is 37.5 Å². The molecule has 26 heavy (non-hydrogen) atoms. The van der Waals surface area contributed by atoms with Crippen LogP contribution >= 0.6 is 0 Å². The number of nitrogens with zero attached hydrogens (tertiary/aromatic N) is 2. The number of piperazine rings is 1. The number of anilines is 1. The van der Waals surface area contributed by atoms with E-state index in [-0.39, 0.29) is 23.7 Å². The molecule has 2 rings (SSSR count). The van der Waals surface area contributed by atoms with Gasteiger partial charge >= 0.3 is 0 Å². The van der Waals surface area contributed by atoms with Crippen LogP contribution in [-0.2, 0) is 9.59 Å². The van der Waals surface area contributed by atoms with Gasteiger partial charge in [0.25, 0.3) is 0 Å². The van der Waals surface area contributed by atoms with Gasteiger partial charge < -0.3 is 16.0 Å². The summed E-state index contributed by atoms with van der Waals surface area (Å²) in [5.41, 5.74) is 6.43. The van der Waals surface area contributed by atoms with Crippen LogP contribution < -0.4 is 11.1 Å². The molecule has 1 aliphatic rings. The van der Waals surface area contributed by atoms with Crippen LogP contribution in [0.1, 0.15) is 27.2 Å².